The summed E-state index contributed by atoms with van der Waals surface area (Å²) in [5, 5.41) is 9.68. The number of aliphatic hydroxyl groups is 1. The third-order valence-electron chi connectivity index (χ3n) is 10.7. The van der Waals surface area contributed by atoms with Crippen LogP contribution in [0.15, 0.2) is 108 Å². The molecule has 3 atom stereocenters. The Hall–Kier alpha value is -3.37. The molecule has 298 valence electrons. The van der Waals surface area contributed by atoms with E-state index in [0.717, 1.165) is 59.4 Å². The first-order valence-corrected chi connectivity index (χ1v) is 22.3. The second-order valence-corrected chi connectivity index (χ2v) is 16.9. The van der Waals surface area contributed by atoms with Crippen molar-refractivity contribution in [2.45, 2.75) is 134 Å². The predicted octanol–water partition coefficient (Wildman–Crippen LogP) is 10.9. The van der Waals surface area contributed by atoms with Gasteiger partial charge in [-0.25, -0.2) is 13.1 Å². The molecule has 7 nitrogen and oxygen atoms in total. The number of nitrogens with zero attached hydrogens (tertiary/aromatic N) is 1. The van der Waals surface area contributed by atoms with Crippen LogP contribution in [-0.2, 0) is 32.6 Å². The van der Waals surface area contributed by atoms with E-state index < -0.39 is 16.3 Å². The van der Waals surface area contributed by atoms with E-state index in [1.165, 1.54) is 77.0 Å². The Morgan fingerprint density at radius 1 is 0.673 bits per heavy atom. The maximum Gasteiger partial charge on any atom is 0.240 e. The van der Waals surface area contributed by atoms with Crippen LogP contribution in [0.4, 0.5) is 0 Å². The van der Waals surface area contributed by atoms with Gasteiger partial charge in [-0.2, -0.15) is 0 Å². The summed E-state index contributed by atoms with van der Waals surface area (Å²) >= 11 is 0. The van der Waals surface area contributed by atoms with Crippen molar-refractivity contribution in [3.63, 3.8) is 0 Å². The molecule has 0 amide bonds. The van der Waals surface area contributed by atoms with E-state index in [0.29, 0.717) is 0 Å². The Labute approximate surface area is 331 Å². The van der Waals surface area contributed by atoms with Gasteiger partial charge in [0.25, 0.3) is 0 Å². The van der Waals surface area contributed by atoms with Crippen LogP contribution in [0, 0.1) is 0 Å². The van der Waals surface area contributed by atoms with Crippen molar-refractivity contribution >= 4 is 10.0 Å². The van der Waals surface area contributed by atoms with Crippen LogP contribution in [0.5, 0.6) is 0 Å². The van der Waals surface area contributed by atoms with Gasteiger partial charge in [-0.3, -0.25) is 0 Å². The molecule has 1 fully saturated rings. The van der Waals surface area contributed by atoms with Gasteiger partial charge in [-0.05, 0) is 65.9 Å². The highest BCUT2D eigenvalue weighted by atomic mass is 32.2. The third-order valence-corrected chi connectivity index (χ3v) is 12.2. The summed E-state index contributed by atoms with van der Waals surface area (Å²) in [6.45, 7) is 7.80. The highest BCUT2D eigenvalue weighted by Gasteiger charge is 2.33. The first-order chi connectivity index (χ1) is 26.9. The number of benzene rings is 4. The Balaban J connectivity index is 1.31. The molecule has 0 spiro atoms. The van der Waals surface area contributed by atoms with E-state index in [1.54, 1.807) is 30.3 Å². The molecular formula is C47H64N2O5S. The number of unbranched alkanes of at least 4 members (excludes halogenated alkanes) is 10. The van der Waals surface area contributed by atoms with E-state index in [9.17, 15) is 13.5 Å². The van der Waals surface area contributed by atoms with Crippen LogP contribution in [0.3, 0.4) is 0 Å². The molecule has 0 saturated carbocycles. The van der Waals surface area contributed by atoms with Gasteiger partial charge >= 0.3 is 0 Å². The molecule has 4 aromatic carbocycles. The van der Waals surface area contributed by atoms with E-state index in [2.05, 4.69) is 59.9 Å². The Kier molecular flexibility index (Phi) is 17.9. The van der Waals surface area contributed by atoms with Crippen molar-refractivity contribution in [2.24, 2.45) is 0 Å². The molecule has 1 aliphatic rings. The Bertz CT molecular complexity index is 1750. The van der Waals surface area contributed by atoms with Gasteiger partial charge in [0.1, 0.15) is 0 Å². The molecule has 1 aliphatic heterocycles. The monoisotopic (exact) mass is 768 g/mol. The second-order valence-electron chi connectivity index (χ2n) is 15.1. The molecule has 0 aromatic heterocycles. The fourth-order valence-electron chi connectivity index (χ4n) is 7.48. The Morgan fingerprint density at radius 2 is 1.25 bits per heavy atom. The minimum Gasteiger partial charge on any atom is -0.392 e. The lowest BCUT2D eigenvalue weighted by atomic mass is 9.97. The normalized spacial score (nSPS) is 17.5. The summed E-state index contributed by atoms with van der Waals surface area (Å²) in [5.74, 6) is 0. The zero-order chi connectivity index (χ0) is 38.7. The molecule has 3 unspecified atom stereocenters. The fourth-order valence-corrected chi connectivity index (χ4v) is 8.51. The summed E-state index contributed by atoms with van der Waals surface area (Å²) in [7, 11) is -3.64. The molecule has 8 heteroatoms. The molecule has 0 bridgehead atoms. The number of hydrogen-bond donors (Lipinski definition) is 2. The first-order valence-electron chi connectivity index (χ1n) is 20.9. The lowest BCUT2D eigenvalue weighted by Gasteiger charge is -2.38. The average Bonchev–Trinajstić information content (AvgIpc) is 3.23. The molecular weight excluding hydrogens is 705 g/mol. The van der Waals surface area contributed by atoms with Crippen molar-refractivity contribution < 1.29 is 23.0 Å². The minimum atomic E-state index is -3.64. The summed E-state index contributed by atoms with van der Waals surface area (Å²) < 4.78 is 42.3. The van der Waals surface area contributed by atoms with Crippen molar-refractivity contribution in [3.05, 3.63) is 125 Å². The van der Waals surface area contributed by atoms with Crippen LogP contribution < -0.4 is 4.72 Å². The zero-order valence-corrected chi connectivity index (χ0v) is 34.0. The van der Waals surface area contributed by atoms with Crippen LogP contribution in [0.25, 0.3) is 11.1 Å². The van der Waals surface area contributed by atoms with E-state index >= 15 is 0 Å². The van der Waals surface area contributed by atoms with Gasteiger partial charge in [0.05, 0.1) is 23.7 Å². The lowest BCUT2D eigenvalue weighted by Crippen LogP contribution is -2.40. The topological polar surface area (TPSA) is 88.1 Å². The molecule has 1 saturated heterocycles. The summed E-state index contributed by atoms with van der Waals surface area (Å²) in [4.78, 5) is 2.89. The van der Waals surface area contributed by atoms with Gasteiger partial charge in [-0.15, -0.1) is 0 Å². The van der Waals surface area contributed by atoms with E-state index in [4.69, 9.17) is 9.47 Å². The average molecular weight is 769 g/mol. The van der Waals surface area contributed by atoms with Crippen molar-refractivity contribution in [3.8, 4) is 11.1 Å². The minimum absolute atomic E-state index is 0.000471. The molecule has 5 rings (SSSR count). The number of sulfonamides is 1. The maximum atomic E-state index is 13.0. The number of aliphatic hydroxyl groups excluding tert-OH is 1. The first kappa shape index (κ1) is 42.8. The van der Waals surface area contributed by atoms with Crippen LogP contribution >= 0.6 is 0 Å². The smallest absolute Gasteiger partial charge is 0.240 e. The number of hydrogen-bond acceptors (Lipinski definition) is 6. The molecule has 55 heavy (non-hydrogen) atoms. The number of ether oxygens (including phenoxy) is 2. The van der Waals surface area contributed by atoms with Gasteiger partial charge in [0, 0.05) is 25.1 Å². The van der Waals surface area contributed by atoms with Crippen molar-refractivity contribution in [1.82, 2.24) is 9.62 Å². The van der Waals surface area contributed by atoms with Crippen LogP contribution in [0.1, 0.15) is 132 Å². The molecule has 4 aromatic rings. The largest absolute Gasteiger partial charge is 0.392 e. The standard InChI is InChI=1S/C47H64N2O5S/c1-3-5-7-9-11-18-32-49(33-19-12-10-8-6-4-2)36-43-34-46(40-26-24-38(37-50)25-27-40)54-47(53-43)41-30-28-39(29-31-41)45-23-17-16-20-42(45)35-48-55(51,52)44-21-14-13-15-22-44/h13-17,20-31,43,46-48,50H,3-12,18-19,32-37H2,1-2H3. The number of rotatable bonds is 24. The molecule has 2 N–H and O–H groups in total. The lowest BCUT2D eigenvalue weighted by molar-refractivity contribution is -0.253. The summed E-state index contributed by atoms with van der Waals surface area (Å²) in [5.41, 5.74) is 5.78. The van der Waals surface area contributed by atoms with Crippen molar-refractivity contribution in [1.29, 1.82) is 0 Å². The molecule has 0 aliphatic carbocycles. The number of nitrogens with one attached hydrogen (secondary N) is 1. The van der Waals surface area contributed by atoms with Gasteiger partial charge in [0.15, 0.2) is 6.29 Å². The van der Waals surface area contributed by atoms with E-state index in [-0.39, 0.29) is 30.3 Å². The van der Waals surface area contributed by atoms with Gasteiger partial charge in [0.2, 0.25) is 10.0 Å². The van der Waals surface area contributed by atoms with Crippen molar-refractivity contribution in [2.75, 3.05) is 19.6 Å². The zero-order valence-electron chi connectivity index (χ0n) is 33.2. The van der Waals surface area contributed by atoms with E-state index in [1.807, 2.05) is 36.4 Å². The van der Waals surface area contributed by atoms with Crippen LogP contribution in [0.2, 0.25) is 0 Å². The summed E-state index contributed by atoms with van der Waals surface area (Å²) in [6, 6.07) is 32.8. The third kappa shape index (κ3) is 13.7. The molecule has 1 heterocycles. The highest BCUT2D eigenvalue weighted by molar-refractivity contribution is 7.89. The van der Waals surface area contributed by atoms with Gasteiger partial charge in [-0.1, -0.05) is 169 Å². The quantitative estimate of drug-likeness (QED) is 0.0690. The highest BCUT2D eigenvalue weighted by Crippen LogP contribution is 2.39. The predicted molar refractivity (Wildman–Crippen MR) is 224 cm³/mol. The Morgan fingerprint density at radius 3 is 1.89 bits per heavy atom. The van der Waals surface area contributed by atoms with Gasteiger partial charge < -0.3 is 19.5 Å². The maximum absolute atomic E-state index is 13.0. The second kappa shape index (κ2) is 23.0. The van der Waals surface area contributed by atoms with Crippen LogP contribution in [-0.4, -0.2) is 44.2 Å². The molecule has 0 radical (unpaired) electrons. The summed E-state index contributed by atoms with van der Waals surface area (Å²) in [6.07, 6.45) is 15.5. The fraction of sp³-hybridized carbons (Fsp3) is 0.489. The SMILES string of the molecule is CCCCCCCCN(CCCCCCCC)CC1CC(c2ccc(CO)cc2)OC(c2ccc(-c3ccccc3CNS(=O)(=O)c3ccccc3)cc2)O1.